The molecule has 0 bridgehead atoms. The molecule has 3 aromatic rings. The summed E-state index contributed by atoms with van der Waals surface area (Å²) in [4.78, 5) is 5.24. The van der Waals surface area contributed by atoms with Crippen LogP contribution in [0.4, 0.5) is 0 Å². The molecule has 0 spiro atoms. The lowest BCUT2D eigenvalue weighted by molar-refractivity contribution is 0.171. The number of fused-ring (bicyclic) bond motifs is 1. The second-order valence-corrected chi connectivity index (χ2v) is 9.30. The summed E-state index contributed by atoms with van der Waals surface area (Å²) in [7, 11) is 0. The van der Waals surface area contributed by atoms with Crippen LogP contribution >= 0.6 is 22.7 Å². The number of benzene rings is 1. The minimum absolute atomic E-state index is 0.685. The van der Waals surface area contributed by atoms with Gasteiger partial charge >= 0.3 is 0 Å². The molecule has 2 nitrogen and oxygen atoms in total. The Balaban J connectivity index is 0.000000145. The first-order valence-corrected chi connectivity index (χ1v) is 10.4. The Kier molecular flexibility index (Phi) is 7.73. The third-order valence-electron chi connectivity index (χ3n) is 3.82. The van der Waals surface area contributed by atoms with Gasteiger partial charge in [-0.1, -0.05) is 35.4 Å². The Hall–Kier alpha value is -1.78. The van der Waals surface area contributed by atoms with Crippen molar-refractivity contribution in [2.24, 2.45) is 0 Å². The number of thiophene rings is 2. The van der Waals surface area contributed by atoms with Gasteiger partial charge in [-0.3, -0.25) is 0 Å². The maximum atomic E-state index is 5.46. The van der Waals surface area contributed by atoms with E-state index in [0.29, 0.717) is 13.2 Å². The minimum Gasteiger partial charge on any atom is -0.485 e. The van der Waals surface area contributed by atoms with E-state index in [0.717, 1.165) is 11.5 Å². The van der Waals surface area contributed by atoms with Crippen LogP contribution in [0.15, 0.2) is 36.4 Å². The second kappa shape index (κ2) is 9.79. The molecule has 1 aliphatic rings. The lowest BCUT2D eigenvalue weighted by Gasteiger charge is -2.15. The Morgan fingerprint density at radius 1 is 0.577 bits per heavy atom. The zero-order chi connectivity index (χ0) is 19.1. The third-order valence-corrected chi connectivity index (χ3v) is 5.72. The van der Waals surface area contributed by atoms with E-state index in [-0.39, 0.29) is 0 Å². The fraction of sp³-hybridized carbons (Fsp3) is 0.364. The highest BCUT2D eigenvalue weighted by molar-refractivity contribution is 7.12. The quantitative estimate of drug-likeness (QED) is 0.421. The van der Waals surface area contributed by atoms with Gasteiger partial charge in [0.25, 0.3) is 0 Å². The average molecular weight is 389 g/mol. The van der Waals surface area contributed by atoms with E-state index in [1.54, 1.807) is 11.3 Å². The number of hydrogen-bond donors (Lipinski definition) is 0. The molecule has 0 fully saturated rings. The van der Waals surface area contributed by atoms with Crippen LogP contribution in [0.25, 0.3) is 0 Å². The van der Waals surface area contributed by atoms with Gasteiger partial charge in [0.15, 0.2) is 11.5 Å². The lowest BCUT2D eigenvalue weighted by Crippen LogP contribution is -2.14. The first-order chi connectivity index (χ1) is 12.4. The molecule has 0 saturated carbocycles. The average Bonchev–Trinajstić information content (AvgIpc) is 3.14. The van der Waals surface area contributed by atoms with Crippen LogP contribution in [0, 0.1) is 41.5 Å². The van der Waals surface area contributed by atoms with E-state index in [1.807, 2.05) is 11.3 Å². The number of aryl methyl sites for hydroxylation is 6. The predicted molar refractivity (Wildman–Crippen MR) is 114 cm³/mol. The van der Waals surface area contributed by atoms with Crippen molar-refractivity contribution in [3.05, 3.63) is 67.0 Å². The van der Waals surface area contributed by atoms with Gasteiger partial charge in [-0.2, -0.15) is 0 Å². The van der Waals surface area contributed by atoms with Gasteiger partial charge in [0, 0.05) is 19.5 Å². The van der Waals surface area contributed by atoms with Crippen molar-refractivity contribution in [3.8, 4) is 11.5 Å². The third kappa shape index (κ3) is 6.19. The van der Waals surface area contributed by atoms with Crippen molar-refractivity contribution >= 4 is 22.7 Å². The maximum Gasteiger partial charge on any atom is 0.175 e. The predicted octanol–water partition coefficient (Wildman–Crippen LogP) is 6.80. The Labute approximate surface area is 165 Å². The van der Waals surface area contributed by atoms with E-state index in [9.17, 15) is 0 Å². The Morgan fingerprint density at radius 2 is 0.962 bits per heavy atom. The summed E-state index contributed by atoms with van der Waals surface area (Å²) in [6, 6.07) is 12.8. The van der Waals surface area contributed by atoms with Crippen LogP contribution in [0.1, 0.15) is 30.6 Å². The van der Waals surface area contributed by atoms with Crippen LogP contribution in [0.3, 0.4) is 0 Å². The van der Waals surface area contributed by atoms with Crippen LogP contribution in [0.5, 0.6) is 11.5 Å². The Morgan fingerprint density at radius 3 is 1.27 bits per heavy atom. The first kappa shape index (κ1) is 20.5. The van der Waals surface area contributed by atoms with Crippen LogP contribution < -0.4 is 9.47 Å². The summed E-state index contributed by atoms with van der Waals surface area (Å²) in [6.45, 7) is 13.9. The largest absolute Gasteiger partial charge is 0.485 e. The smallest absolute Gasteiger partial charge is 0.175 e. The molecule has 0 radical (unpaired) electrons. The molecule has 2 aromatic heterocycles. The molecule has 1 aliphatic heterocycles. The fourth-order valence-electron chi connectivity index (χ4n) is 2.46. The highest BCUT2D eigenvalue weighted by Crippen LogP contribution is 2.42. The van der Waals surface area contributed by atoms with Crippen molar-refractivity contribution < 1.29 is 9.47 Å². The molecule has 4 rings (SSSR count). The SMILES string of the molecule is Cc1ccc(C)cc1.Cc1ccc(C)s1.Cc1sc(C)c2c1OCCO2. The van der Waals surface area contributed by atoms with E-state index in [4.69, 9.17) is 9.47 Å². The topological polar surface area (TPSA) is 18.5 Å². The second-order valence-electron chi connectivity index (χ2n) is 6.38. The van der Waals surface area contributed by atoms with Crippen molar-refractivity contribution in [2.75, 3.05) is 13.2 Å². The van der Waals surface area contributed by atoms with Gasteiger partial charge < -0.3 is 9.47 Å². The molecule has 0 amide bonds. The highest BCUT2D eigenvalue weighted by Gasteiger charge is 2.19. The number of hydrogen-bond acceptors (Lipinski definition) is 4. The maximum absolute atomic E-state index is 5.46. The van der Waals surface area contributed by atoms with Crippen molar-refractivity contribution in [1.29, 1.82) is 0 Å². The van der Waals surface area contributed by atoms with Gasteiger partial charge in [0.2, 0.25) is 0 Å². The minimum atomic E-state index is 0.685. The first-order valence-electron chi connectivity index (χ1n) is 8.78. The van der Waals surface area contributed by atoms with Crippen LogP contribution in [-0.4, -0.2) is 13.2 Å². The summed E-state index contributed by atoms with van der Waals surface area (Å²) in [6.07, 6.45) is 0. The van der Waals surface area contributed by atoms with E-state index < -0.39 is 0 Å². The number of rotatable bonds is 0. The summed E-state index contributed by atoms with van der Waals surface area (Å²) in [5.41, 5.74) is 2.66. The molecular weight excluding hydrogens is 360 g/mol. The molecule has 0 saturated heterocycles. The van der Waals surface area contributed by atoms with Gasteiger partial charge in [0.1, 0.15) is 13.2 Å². The highest BCUT2D eigenvalue weighted by atomic mass is 32.1. The van der Waals surface area contributed by atoms with Gasteiger partial charge in [0.05, 0.1) is 0 Å². The summed E-state index contributed by atoms with van der Waals surface area (Å²) < 4.78 is 10.9. The molecule has 0 unspecified atom stereocenters. The van der Waals surface area contributed by atoms with E-state index >= 15 is 0 Å². The van der Waals surface area contributed by atoms with Gasteiger partial charge in [-0.25, -0.2) is 0 Å². The van der Waals surface area contributed by atoms with Gasteiger partial charge in [-0.15, -0.1) is 22.7 Å². The molecule has 0 atom stereocenters. The van der Waals surface area contributed by atoms with Crippen LogP contribution in [-0.2, 0) is 0 Å². The molecule has 0 N–H and O–H groups in total. The normalized spacial score (nSPS) is 11.8. The zero-order valence-corrected chi connectivity index (χ0v) is 18.1. The summed E-state index contributed by atoms with van der Waals surface area (Å²) >= 11 is 3.58. The number of ether oxygens (including phenoxy) is 2. The monoisotopic (exact) mass is 388 g/mol. The molecular formula is C22H28O2S2. The molecule has 4 heteroatoms. The summed E-state index contributed by atoms with van der Waals surface area (Å²) in [5, 5.41) is 0. The molecule has 1 aromatic carbocycles. The van der Waals surface area contributed by atoms with Crippen molar-refractivity contribution in [1.82, 2.24) is 0 Å². The van der Waals surface area contributed by atoms with Crippen molar-refractivity contribution in [2.45, 2.75) is 41.5 Å². The standard InChI is InChI=1S/C8H10O2S.C8H10.C6H8S/c1-5-7-8(6(2)11-5)10-4-3-9-7;1-7-3-5-8(2)6-4-7;1-5-3-4-6(2)7-5/h3-4H2,1-2H3;3-6H,1-2H3;3-4H,1-2H3. The van der Waals surface area contributed by atoms with E-state index in [2.05, 4.69) is 77.9 Å². The van der Waals surface area contributed by atoms with Gasteiger partial charge in [-0.05, 0) is 53.7 Å². The lowest BCUT2D eigenvalue weighted by atomic mass is 10.2. The zero-order valence-electron chi connectivity index (χ0n) is 16.5. The van der Waals surface area contributed by atoms with E-state index in [1.165, 1.54) is 30.6 Å². The van der Waals surface area contributed by atoms with Crippen molar-refractivity contribution in [3.63, 3.8) is 0 Å². The molecule has 3 heterocycles. The summed E-state index contributed by atoms with van der Waals surface area (Å²) in [5.74, 6) is 1.91. The fourth-order valence-corrected chi connectivity index (χ4v) is 4.19. The molecule has 140 valence electrons. The molecule has 26 heavy (non-hydrogen) atoms. The Bertz CT molecular complexity index is 749. The molecule has 0 aliphatic carbocycles. The van der Waals surface area contributed by atoms with Crippen LogP contribution in [0.2, 0.25) is 0 Å².